The van der Waals surface area contributed by atoms with Gasteiger partial charge in [0, 0.05) is 22.6 Å². The lowest BCUT2D eigenvalue weighted by atomic mass is 9.90. The molecule has 8 nitrogen and oxygen atoms in total. The van der Waals surface area contributed by atoms with Crippen LogP contribution in [-0.4, -0.2) is 55.2 Å². The minimum absolute atomic E-state index is 0.0469. The molecule has 0 aliphatic carbocycles. The highest BCUT2D eigenvalue weighted by Gasteiger charge is 2.33. The maximum absolute atomic E-state index is 14.2. The van der Waals surface area contributed by atoms with E-state index in [1.807, 2.05) is 0 Å². The van der Waals surface area contributed by atoms with Crippen LogP contribution in [0.5, 0.6) is 0 Å². The normalized spacial score (nSPS) is 13.9. The molecule has 1 aromatic heterocycles. The van der Waals surface area contributed by atoms with E-state index in [-0.39, 0.29) is 17.8 Å². The van der Waals surface area contributed by atoms with Crippen molar-refractivity contribution in [2.24, 2.45) is 0 Å². The van der Waals surface area contributed by atoms with Crippen LogP contribution in [0.3, 0.4) is 0 Å². The molecular formula is C16H21FN2O6. The van der Waals surface area contributed by atoms with Gasteiger partial charge in [0.15, 0.2) is 6.10 Å². The van der Waals surface area contributed by atoms with Gasteiger partial charge in [-0.25, -0.2) is 4.39 Å². The van der Waals surface area contributed by atoms with E-state index in [2.05, 4.69) is 5.32 Å². The second-order valence-electron chi connectivity index (χ2n) is 6.54. The second-order valence-corrected chi connectivity index (χ2v) is 6.54. The molecule has 0 aliphatic heterocycles. The van der Waals surface area contributed by atoms with Crippen LogP contribution in [0.15, 0.2) is 18.2 Å². The van der Waals surface area contributed by atoms with E-state index in [1.54, 1.807) is 19.9 Å². The lowest BCUT2D eigenvalue weighted by Gasteiger charge is -2.28. The number of aliphatic hydroxyl groups excluding tert-OH is 2. The molecule has 138 valence electrons. The van der Waals surface area contributed by atoms with Crippen LogP contribution >= 0.6 is 0 Å². The monoisotopic (exact) mass is 356 g/mol. The Bertz CT molecular complexity index is 781. The summed E-state index contributed by atoms with van der Waals surface area (Å²) in [5, 5.41) is 49.6. The predicted molar refractivity (Wildman–Crippen MR) is 87.1 cm³/mol. The molecule has 1 atom stereocenters. The first-order valence-electron chi connectivity index (χ1n) is 7.50. The summed E-state index contributed by atoms with van der Waals surface area (Å²) < 4.78 is 15.5. The van der Waals surface area contributed by atoms with Crippen molar-refractivity contribution in [2.45, 2.75) is 37.9 Å². The van der Waals surface area contributed by atoms with Crippen molar-refractivity contribution in [2.75, 3.05) is 11.9 Å². The number of nitrogens with one attached hydrogen (secondary N) is 1. The number of carbonyl (C=O) groups is 1. The van der Waals surface area contributed by atoms with Crippen LogP contribution in [0.25, 0.3) is 10.9 Å². The number of carbonyl (C=O) groups excluding carboxylic acids is 1. The zero-order valence-corrected chi connectivity index (χ0v) is 13.8. The Morgan fingerprint density at radius 2 is 1.92 bits per heavy atom. The van der Waals surface area contributed by atoms with Gasteiger partial charge in [0.05, 0.1) is 24.4 Å². The number of amides is 1. The summed E-state index contributed by atoms with van der Waals surface area (Å²) in [7, 11) is 0. The Kier molecular flexibility index (Phi) is 5.17. The summed E-state index contributed by atoms with van der Waals surface area (Å²) in [4.78, 5) is 10.6. The Hall–Kier alpha value is -2.04. The molecule has 0 fully saturated rings. The van der Waals surface area contributed by atoms with Gasteiger partial charge in [-0.05, 0) is 12.1 Å². The average Bonchev–Trinajstić information content (AvgIpc) is 2.85. The van der Waals surface area contributed by atoms with Crippen molar-refractivity contribution in [1.29, 1.82) is 0 Å². The number of nitrogens with zero attached hydrogens (tertiary/aromatic N) is 1. The van der Waals surface area contributed by atoms with Crippen molar-refractivity contribution >= 4 is 23.0 Å². The number of benzene rings is 1. The summed E-state index contributed by atoms with van der Waals surface area (Å²) >= 11 is 0. The van der Waals surface area contributed by atoms with E-state index in [4.69, 9.17) is 15.3 Å². The number of halogens is 1. The van der Waals surface area contributed by atoms with E-state index in [9.17, 15) is 19.4 Å². The van der Waals surface area contributed by atoms with Crippen molar-refractivity contribution in [3.63, 3.8) is 0 Å². The summed E-state index contributed by atoms with van der Waals surface area (Å²) in [5.41, 5.74) is -0.102. The van der Waals surface area contributed by atoms with Gasteiger partial charge in [-0.1, -0.05) is 13.8 Å². The summed E-state index contributed by atoms with van der Waals surface area (Å²) in [5.74, 6) is -4.07. The van der Waals surface area contributed by atoms with E-state index < -0.39 is 29.9 Å². The summed E-state index contributed by atoms with van der Waals surface area (Å²) in [6, 6.07) is 4.11. The molecule has 1 unspecified atom stereocenters. The first-order chi connectivity index (χ1) is 11.5. The molecular weight excluding hydrogens is 335 g/mol. The molecule has 0 saturated heterocycles. The minimum Gasteiger partial charge on any atom is -0.395 e. The molecule has 2 aromatic rings. The fourth-order valence-electron chi connectivity index (χ4n) is 2.59. The number of aromatic nitrogens is 1. The van der Waals surface area contributed by atoms with E-state index in [0.717, 1.165) is 6.07 Å². The highest BCUT2D eigenvalue weighted by atomic mass is 19.1. The van der Waals surface area contributed by atoms with Crippen molar-refractivity contribution < 1.29 is 34.7 Å². The molecule has 2 rings (SSSR count). The first kappa shape index (κ1) is 19.3. The molecule has 6 N–H and O–H groups in total. The van der Waals surface area contributed by atoms with Crippen molar-refractivity contribution in [3.05, 3.63) is 29.7 Å². The van der Waals surface area contributed by atoms with Gasteiger partial charge in [0.2, 0.25) is 6.41 Å². The Morgan fingerprint density at radius 1 is 1.28 bits per heavy atom. The highest BCUT2D eigenvalue weighted by Crippen LogP contribution is 2.33. The SMILES string of the molecule is CC(C)(CO)c1cc2cc(NC=O)c(F)cc2n1CC(O)C(O)(O)O. The topological polar surface area (TPSA) is 135 Å². The average molecular weight is 356 g/mol. The third-order valence-corrected chi connectivity index (χ3v) is 4.10. The van der Waals surface area contributed by atoms with Gasteiger partial charge < -0.3 is 35.4 Å². The third kappa shape index (κ3) is 3.80. The van der Waals surface area contributed by atoms with Crippen LogP contribution < -0.4 is 5.32 Å². The second kappa shape index (κ2) is 6.70. The van der Waals surface area contributed by atoms with E-state index >= 15 is 0 Å². The van der Waals surface area contributed by atoms with E-state index in [0.29, 0.717) is 17.5 Å². The molecule has 0 bridgehead atoms. The minimum atomic E-state index is -3.34. The zero-order chi connectivity index (χ0) is 19.0. The molecule has 9 heteroatoms. The lowest BCUT2D eigenvalue weighted by Crippen LogP contribution is -2.45. The third-order valence-electron chi connectivity index (χ3n) is 4.10. The summed E-state index contributed by atoms with van der Waals surface area (Å²) in [6.45, 7) is 2.67. The van der Waals surface area contributed by atoms with Crippen LogP contribution in [0, 0.1) is 5.82 Å². The van der Waals surface area contributed by atoms with Gasteiger partial charge in [0.25, 0.3) is 0 Å². The van der Waals surface area contributed by atoms with Gasteiger partial charge in [-0.3, -0.25) is 4.79 Å². The van der Waals surface area contributed by atoms with Crippen LogP contribution in [0.4, 0.5) is 10.1 Å². The maximum atomic E-state index is 14.2. The molecule has 25 heavy (non-hydrogen) atoms. The van der Waals surface area contributed by atoms with Gasteiger partial charge in [-0.2, -0.15) is 0 Å². The standard InChI is InChI=1S/C16H21FN2O6/c1-15(2,7-20)13-4-9-3-11(18-8-21)10(17)5-12(9)19(13)6-14(22)16(23,24)25/h3-5,8,14,20,22-25H,6-7H2,1-2H3,(H,18,21). The molecule has 0 aliphatic rings. The molecule has 1 heterocycles. The number of rotatable bonds is 7. The number of fused-ring (bicyclic) bond motifs is 1. The van der Waals surface area contributed by atoms with Gasteiger partial charge in [-0.15, -0.1) is 0 Å². The summed E-state index contributed by atoms with van der Waals surface area (Å²) in [6.07, 6.45) is -1.64. The first-order valence-corrected chi connectivity index (χ1v) is 7.50. The van der Waals surface area contributed by atoms with Crippen LogP contribution in [-0.2, 0) is 16.8 Å². The molecule has 0 spiro atoms. The zero-order valence-electron chi connectivity index (χ0n) is 13.8. The molecule has 1 aromatic carbocycles. The van der Waals surface area contributed by atoms with Gasteiger partial charge >= 0.3 is 5.97 Å². The quantitative estimate of drug-likeness (QED) is 0.295. The van der Waals surface area contributed by atoms with Crippen molar-refractivity contribution in [1.82, 2.24) is 4.57 Å². The molecule has 0 saturated carbocycles. The molecule has 0 radical (unpaired) electrons. The highest BCUT2D eigenvalue weighted by molar-refractivity contribution is 5.88. The fourth-order valence-corrected chi connectivity index (χ4v) is 2.59. The predicted octanol–water partition coefficient (Wildman–Crippen LogP) is -0.390. The number of anilines is 1. The molecule has 1 amide bonds. The fraction of sp³-hybridized carbons (Fsp3) is 0.438. The van der Waals surface area contributed by atoms with E-state index in [1.165, 1.54) is 10.6 Å². The smallest absolute Gasteiger partial charge is 0.304 e. The largest absolute Gasteiger partial charge is 0.395 e. The number of hydrogen-bond donors (Lipinski definition) is 6. The van der Waals surface area contributed by atoms with Crippen LogP contribution in [0.2, 0.25) is 0 Å². The number of hydrogen-bond acceptors (Lipinski definition) is 6. The Balaban J connectivity index is 2.68. The van der Waals surface area contributed by atoms with Crippen LogP contribution in [0.1, 0.15) is 19.5 Å². The Labute approximate surface area is 142 Å². The Morgan fingerprint density at radius 3 is 2.44 bits per heavy atom. The lowest BCUT2D eigenvalue weighted by molar-refractivity contribution is -0.356. The maximum Gasteiger partial charge on any atom is 0.304 e. The van der Waals surface area contributed by atoms with Gasteiger partial charge in [0.1, 0.15) is 5.82 Å². The van der Waals surface area contributed by atoms with Crippen molar-refractivity contribution in [3.8, 4) is 0 Å². The number of aliphatic hydroxyl groups is 5.